The summed E-state index contributed by atoms with van der Waals surface area (Å²) >= 11 is 0. The maximum Gasteiger partial charge on any atom is 0.212 e. The van der Waals surface area contributed by atoms with E-state index in [1.807, 2.05) is 49.6 Å². The van der Waals surface area contributed by atoms with E-state index in [0.29, 0.717) is 5.56 Å². The fraction of sp³-hybridized carbons (Fsp3) is 0.227. The Labute approximate surface area is 144 Å². The SMILES string of the molecule is [2H]C([2H])([2H])C([2H])(C)c1cccc(-c2ccc(-c3ccccc3C)[n+](C)c2)c1. The number of nitrogens with zero attached hydrogens (tertiary/aromatic N) is 1. The molecule has 0 bridgehead atoms. The zero-order chi connectivity index (χ0) is 19.8. The van der Waals surface area contributed by atoms with Crippen LogP contribution in [0.5, 0.6) is 0 Å². The maximum absolute atomic E-state index is 8.32. The Morgan fingerprint density at radius 2 is 1.83 bits per heavy atom. The highest BCUT2D eigenvalue weighted by molar-refractivity contribution is 5.66. The molecule has 0 N–H and O–H groups in total. The summed E-state index contributed by atoms with van der Waals surface area (Å²) in [5.41, 5.74) is 5.89. The highest BCUT2D eigenvalue weighted by Gasteiger charge is 2.13. The van der Waals surface area contributed by atoms with Gasteiger partial charge in [-0.25, -0.2) is 4.57 Å². The van der Waals surface area contributed by atoms with E-state index >= 15 is 0 Å². The number of hydrogen-bond acceptors (Lipinski definition) is 0. The van der Waals surface area contributed by atoms with E-state index in [9.17, 15) is 0 Å². The van der Waals surface area contributed by atoms with Crippen molar-refractivity contribution >= 4 is 0 Å². The molecular weight excluding hydrogens is 278 g/mol. The molecule has 0 aliphatic carbocycles. The molecule has 1 unspecified atom stereocenters. The lowest BCUT2D eigenvalue weighted by Crippen LogP contribution is -2.30. The van der Waals surface area contributed by atoms with Gasteiger partial charge < -0.3 is 0 Å². The molecule has 1 heteroatoms. The second kappa shape index (κ2) is 6.37. The van der Waals surface area contributed by atoms with Gasteiger partial charge in [0.05, 0.1) is 0 Å². The average molecular weight is 306 g/mol. The normalized spacial score (nSPS) is 16.7. The van der Waals surface area contributed by atoms with Gasteiger partial charge in [0, 0.05) is 22.7 Å². The first-order chi connectivity index (χ1) is 12.6. The minimum absolute atomic E-state index is 0.491. The first-order valence-corrected chi connectivity index (χ1v) is 7.78. The summed E-state index contributed by atoms with van der Waals surface area (Å²) < 4.78 is 33.4. The number of aromatic nitrogens is 1. The number of benzene rings is 2. The van der Waals surface area contributed by atoms with E-state index in [0.717, 1.165) is 16.8 Å². The predicted octanol–water partition coefficient (Wildman–Crippen LogP) is 5.28. The number of rotatable bonds is 3. The van der Waals surface area contributed by atoms with Gasteiger partial charge in [-0.1, -0.05) is 56.2 Å². The summed E-state index contributed by atoms with van der Waals surface area (Å²) in [6.45, 7) is 1.15. The van der Waals surface area contributed by atoms with Gasteiger partial charge in [-0.3, -0.25) is 0 Å². The van der Waals surface area contributed by atoms with Crippen LogP contribution in [0.25, 0.3) is 22.4 Å². The van der Waals surface area contributed by atoms with Gasteiger partial charge in [-0.2, -0.15) is 0 Å². The summed E-state index contributed by atoms with van der Waals surface area (Å²) in [6.07, 6.45) is 2.04. The molecule has 0 aliphatic rings. The fourth-order valence-corrected chi connectivity index (χ4v) is 2.85. The second-order valence-corrected chi connectivity index (χ2v) is 5.93. The Bertz CT molecular complexity index is 974. The van der Waals surface area contributed by atoms with Crippen molar-refractivity contribution in [3.05, 3.63) is 78.0 Å². The lowest BCUT2D eigenvalue weighted by Gasteiger charge is -2.09. The summed E-state index contributed by atoms with van der Waals surface area (Å²) in [7, 11) is 2.01. The molecule has 1 aromatic heterocycles. The van der Waals surface area contributed by atoms with E-state index < -0.39 is 12.7 Å². The quantitative estimate of drug-likeness (QED) is 0.580. The second-order valence-electron chi connectivity index (χ2n) is 5.93. The topological polar surface area (TPSA) is 3.88 Å². The van der Waals surface area contributed by atoms with Crippen molar-refractivity contribution in [1.29, 1.82) is 0 Å². The summed E-state index contributed by atoms with van der Waals surface area (Å²) in [4.78, 5) is 0. The van der Waals surface area contributed by atoms with Gasteiger partial charge in [0.25, 0.3) is 0 Å². The molecule has 1 nitrogen and oxygen atoms in total. The lowest BCUT2D eigenvalue weighted by atomic mass is 9.97. The molecule has 2 aromatic carbocycles. The highest BCUT2D eigenvalue weighted by atomic mass is 14.9. The maximum atomic E-state index is 8.32. The lowest BCUT2D eigenvalue weighted by molar-refractivity contribution is -0.659. The molecule has 0 amide bonds. The molecule has 3 aromatic rings. The largest absolute Gasteiger partial charge is 0.212 e. The van der Waals surface area contributed by atoms with Gasteiger partial charge in [-0.05, 0) is 41.6 Å². The van der Waals surface area contributed by atoms with Gasteiger partial charge in [0.2, 0.25) is 5.69 Å². The Kier molecular flexibility index (Phi) is 3.10. The van der Waals surface area contributed by atoms with Crippen molar-refractivity contribution in [3.8, 4) is 22.4 Å². The molecule has 23 heavy (non-hydrogen) atoms. The van der Waals surface area contributed by atoms with Crippen molar-refractivity contribution in [3.63, 3.8) is 0 Å². The third-order valence-electron chi connectivity index (χ3n) is 4.18. The Balaban J connectivity index is 2.03. The standard InChI is InChI=1S/C22H24N/c1-16(2)18-9-7-10-19(14-18)20-12-13-22(23(4)15-20)21-11-6-5-8-17(21)3/h5-16H,1-4H3/q+1/i1D3,16D. The Morgan fingerprint density at radius 3 is 2.57 bits per heavy atom. The molecule has 0 aliphatic heterocycles. The molecule has 1 heterocycles. The van der Waals surface area contributed by atoms with Crippen LogP contribution in [0.1, 0.15) is 36.3 Å². The zero-order valence-corrected chi connectivity index (χ0v) is 13.8. The van der Waals surface area contributed by atoms with Gasteiger partial charge in [-0.15, -0.1) is 0 Å². The van der Waals surface area contributed by atoms with E-state index in [-0.39, 0.29) is 0 Å². The summed E-state index contributed by atoms with van der Waals surface area (Å²) in [5.74, 6) is -1.65. The van der Waals surface area contributed by atoms with E-state index in [4.69, 9.17) is 5.48 Å². The van der Waals surface area contributed by atoms with Crippen LogP contribution in [0.15, 0.2) is 66.9 Å². The first-order valence-electron chi connectivity index (χ1n) is 9.78. The van der Waals surface area contributed by atoms with Crippen molar-refractivity contribution in [2.24, 2.45) is 7.05 Å². The molecule has 0 radical (unpaired) electrons. The molecule has 3 rings (SSSR count). The van der Waals surface area contributed by atoms with Crippen molar-refractivity contribution in [1.82, 2.24) is 0 Å². The van der Waals surface area contributed by atoms with Crippen LogP contribution in [0.2, 0.25) is 0 Å². The minimum Gasteiger partial charge on any atom is -0.200 e. The summed E-state index contributed by atoms with van der Waals surface area (Å²) in [6, 6.07) is 19.7. The summed E-state index contributed by atoms with van der Waals surface area (Å²) in [5, 5.41) is 0. The van der Waals surface area contributed by atoms with Crippen LogP contribution in [0.3, 0.4) is 0 Å². The molecule has 1 atom stereocenters. The van der Waals surface area contributed by atoms with Gasteiger partial charge in [0.1, 0.15) is 7.05 Å². The van der Waals surface area contributed by atoms with Gasteiger partial charge >= 0.3 is 0 Å². The molecule has 0 saturated heterocycles. The first kappa shape index (κ1) is 11.2. The molecule has 116 valence electrons. The van der Waals surface area contributed by atoms with Crippen LogP contribution < -0.4 is 4.57 Å². The Hall–Kier alpha value is -2.41. The highest BCUT2D eigenvalue weighted by Crippen LogP contribution is 2.25. The molecule has 0 fully saturated rings. The fourth-order valence-electron chi connectivity index (χ4n) is 2.85. The number of pyridine rings is 1. The van der Waals surface area contributed by atoms with Crippen LogP contribution in [0.4, 0.5) is 0 Å². The molecule has 0 spiro atoms. The van der Waals surface area contributed by atoms with Crippen molar-refractivity contribution in [2.45, 2.75) is 26.6 Å². The minimum atomic E-state index is -2.38. The van der Waals surface area contributed by atoms with E-state index in [1.54, 1.807) is 6.07 Å². The zero-order valence-electron chi connectivity index (χ0n) is 17.8. The van der Waals surface area contributed by atoms with Crippen LogP contribution in [-0.2, 0) is 7.05 Å². The predicted molar refractivity (Wildman–Crippen MR) is 97.3 cm³/mol. The molecule has 0 saturated carbocycles. The van der Waals surface area contributed by atoms with Gasteiger partial charge in [0.15, 0.2) is 6.20 Å². The number of hydrogen-bond donors (Lipinski definition) is 0. The van der Waals surface area contributed by atoms with Crippen molar-refractivity contribution in [2.75, 3.05) is 0 Å². The van der Waals surface area contributed by atoms with E-state index in [1.165, 1.54) is 18.1 Å². The van der Waals surface area contributed by atoms with Crippen LogP contribution in [-0.4, -0.2) is 0 Å². The van der Waals surface area contributed by atoms with Crippen molar-refractivity contribution < 1.29 is 10.1 Å². The third kappa shape index (κ3) is 3.19. The smallest absolute Gasteiger partial charge is 0.200 e. The monoisotopic (exact) mass is 306 g/mol. The number of aryl methyl sites for hydroxylation is 2. The third-order valence-corrected chi connectivity index (χ3v) is 4.18. The van der Waals surface area contributed by atoms with Crippen LogP contribution in [0, 0.1) is 6.92 Å². The average Bonchev–Trinajstić information content (AvgIpc) is 2.61. The van der Waals surface area contributed by atoms with Crippen LogP contribution >= 0.6 is 0 Å². The molecular formula is C22H24N+. The van der Waals surface area contributed by atoms with E-state index in [2.05, 4.69) is 29.7 Å². The Morgan fingerprint density at radius 1 is 1.00 bits per heavy atom.